The van der Waals surface area contributed by atoms with Crippen molar-refractivity contribution in [1.82, 2.24) is 0 Å². The van der Waals surface area contributed by atoms with Crippen molar-refractivity contribution in [3.63, 3.8) is 0 Å². The van der Waals surface area contributed by atoms with Crippen LogP contribution in [0, 0.1) is 0 Å². The first-order valence-corrected chi connectivity index (χ1v) is 5.56. The molecule has 2 rings (SSSR count). The van der Waals surface area contributed by atoms with Gasteiger partial charge >= 0.3 is 0 Å². The van der Waals surface area contributed by atoms with Gasteiger partial charge in [0.1, 0.15) is 0 Å². The normalized spacial score (nSPS) is 16.2. The first-order valence-electron chi connectivity index (χ1n) is 5.56. The molecule has 0 saturated carbocycles. The van der Waals surface area contributed by atoms with Gasteiger partial charge < -0.3 is 15.4 Å². The lowest BCUT2D eigenvalue weighted by Crippen LogP contribution is -2.36. The number of allylic oxidation sites excluding steroid dienone is 1. The summed E-state index contributed by atoms with van der Waals surface area (Å²) < 4.78 is 5.34. The fraction of sp³-hybridized carbons (Fsp3) is 0.385. The average molecular weight is 218 g/mol. The van der Waals surface area contributed by atoms with Gasteiger partial charge in [-0.15, -0.1) is 0 Å². The lowest BCUT2D eigenvalue weighted by Gasteiger charge is -2.29. The molecule has 16 heavy (non-hydrogen) atoms. The monoisotopic (exact) mass is 218 g/mol. The molecule has 1 saturated heterocycles. The van der Waals surface area contributed by atoms with Gasteiger partial charge in [-0.25, -0.2) is 0 Å². The van der Waals surface area contributed by atoms with Crippen LogP contribution in [0.5, 0.6) is 0 Å². The predicted octanol–water partition coefficient (Wildman–Crippen LogP) is 2.14. The molecule has 1 fully saturated rings. The molecule has 0 amide bonds. The minimum atomic E-state index is 0.796. The largest absolute Gasteiger partial charge is 0.398 e. The van der Waals surface area contributed by atoms with Crippen LogP contribution in [-0.4, -0.2) is 26.3 Å². The summed E-state index contributed by atoms with van der Waals surface area (Å²) in [6.07, 6.45) is 0. The minimum absolute atomic E-state index is 0.796. The van der Waals surface area contributed by atoms with E-state index in [2.05, 4.69) is 23.6 Å². The van der Waals surface area contributed by atoms with Gasteiger partial charge in [-0.3, -0.25) is 0 Å². The maximum absolute atomic E-state index is 5.92. The van der Waals surface area contributed by atoms with E-state index in [0.29, 0.717) is 0 Å². The van der Waals surface area contributed by atoms with Gasteiger partial charge in [0.25, 0.3) is 0 Å². The Labute approximate surface area is 96.5 Å². The molecule has 1 heterocycles. The number of nitrogen functional groups attached to an aromatic ring is 1. The molecule has 3 heteroatoms. The number of nitrogens with two attached hydrogens (primary N) is 1. The van der Waals surface area contributed by atoms with E-state index >= 15 is 0 Å². The summed E-state index contributed by atoms with van der Waals surface area (Å²) in [6, 6.07) is 6.13. The highest BCUT2D eigenvalue weighted by Gasteiger charge is 2.12. The van der Waals surface area contributed by atoms with Crippen LogP contribution in [0.1, 0.15) is 12.5 Å². The maximum Gasteiger partial charge on any atom is 0.0642 e. The number of ether oxygens (including phenoxy) is 1. The van der Waals surface area contributed by atoms with E-state index in [9.17, 15) is 0 Å². The lowest BCUT2D eigenvalue weighted by atomic mass is 10.1. The molecule has 2 N–H and O–H groups in total. The third-order valence-electron chi connectivity index (χ3n) is 2.87. The predicted molar refractivity (Wildman–Crippen MR) is 68.6 cm³/mol. The number of rotatable bonds is 2. The molecule has 0 spiro atoms. The Morgan fingerprint density at radius 3 is 2.69 bits per heavy atom. The molecule has 0 unspecified atom stereocenters. The molecule has 0 aliphatic carbocycles. The molecule has 1 aromatic carbocycles. The van der Waals surface area contributed by atoms with Crippen LogP contribution in [0.25, 0.3) is 5.57 Å². The Balaban J connectivity index is 2.27. The lowest BCUT2D eigenvalue weighted by molar-refractivity contribution is 0.122. The Morgan fingerprint density at radius 1 is 1.38 bits per heavy atom. The van der Waals surface area contributed by atoms with E-state index in [0.717, 1.165) is 43.1 Å². The molecule has 0 radical (unpaired) electrons. The highest BCUT2D eigenvalue weighted by atomic mass is 16.5. The Bertz CT molecular complexity index is 395. The number of hydrogen-bond donors (Lipinski definition) is 1. The molecule has 86 valence electrons. The molecular formula is C13H18N2O. The quantitative estimate of drug-likeness (QED) is 0.773. The summed E-state index contributed by atoms with van der Waals surface area (Å²) in [4.78, 5) is 2.31. The number of benzene rings is 1. The number of hydrogen-bond acceptors (Lipinski definition) is 3. The van der Waals surface area contributed by atoms with E-state index in [4.69, 9.17) is 10.5 Å². The van der Waals surface area contributed by atoms with Crippen LogP contribution in [0.15, 0.2) is 24.8 Å². The highest BCUT2D eigenvalue weighted by molar-refractivity contribution is 5.75. The Hall–Kier alpha value is -1.48. The first kappa shape index (κ1) is 11.0. The summed E-state index contributed by atoms with van der Waals surface area (Å²) in [5.74, 6) is 0. The number of nitrogens with zero attached hydrogens (tertiary/aromatic N) is 1. The number of anilines is 2. The molecule has 1 aliphatic heterocycles. The summed E-state index contributed by atoms with van der Waals surface area (Å²) in [6.45, 7) is 9.41. The van der Waals surface area contributed by atoms with Crippen molar-refractivity contribution in [1.29, 1.82) is 0 Å². The second kappa shape index (κ2) is 4.58. The topological polar surface area (TPSA) is 38.5 Å². The van der Waals surface area contributed by atoms with Crippen molar-refractivity contribution in [2.75, 3.05) is 36.9 Å². The van der Waals surface area contributed by atoms with Crippen LogP contribution in [0.3, 0.4) is 0 Å². The molecule has 0 aromatic heterocycles. The third-order valence-corrected chi connectivity index (χ3v) is 2.87. The van der Waals surface area contributed by atoms with Crippen LogP contribution < -0.4 is 10.6 Å². The molecule has 1 aliphatic rings. The van der Waals surface area contributed by atoms with Crippen molar-refractivity contribution >= 4 is 16.9 Å². The maximum atomic E-state index is 5.92. The zero-order valence-electron chi connectivity index (χ0n) is 9.70. The van der Waals surface area contributed by atoms with E-state index < -0.39 is 0 Å². The van der Waals surface area contributed by atoms with Crippen LogP contribution in [0.4, 0.5) is 11.4 Å². The van der Waals surface area contributed by atoms with Crippen LogP contribution in [0.2, 0.25) is 0 Å². The van der Waals surface area contributed by atoms with E-state index in [1.165, 1.54) is 5.69 Å². The SMILES string of the molecule is C=C(C)c1cc(N2CCOCC2)ccc1N. The molecular weight excluding hydrogens is 200 g/mol. The summed E-state index contributed by atoms with van der Waals surface area (Å²) in [5, 5.41) is 0. The van der Waals surface area contributed by atoms with Gasteiger partial charge in [-0.2, -0.15) is 0 Å². The summed E-state index contributed by atoms with van der Waals surface area (Å²) in [7, 11) is 0. The van der Waals surface area contributed by atoms with Crippen LogP contribution >= 0.6 is 0 Å². The van der Waals surface area contributed by atoms with E-state index in [1.54, 1.807) is 0 Å². The highest BCUT2D eigenvalue weighted by Crippen LogP contribution is 2.26. The average Bonchev–Trinajstić information content (AvgIpc) is 2.30. The summed E-state index contributed by atoms with van der Waals surface area (Å²) >= 11 is 0. The van der Waals surface area contributed by atoms with Crippen molar-refractivity contribution in [3.8, 4) is 0 Å². The van der Waals surface area contributed by atoms with Gasteiger partial charge in [0.2, 0.25) is 0 Å². The van der Waals surface area contributed by atoms with Gasteiger partial charge in [0.05, 0.1) is 13.2 Å². The zero-order chi connectivity index (χ0) is 11.5. The summed E-state index contributed by atoms with van der Waals surface area (Å²) in [5.41, 5.74) is 9.97. The number of morpholine rings is 1. The smallest absolute Gasteiger partial charge is 0.0642 e. The zero-order valence-corrected chi connectivity index (χ0v) is 9.70. The van der Waals surface area contributed by atoms with Crippen molar-refractivity contribution in [3.05, 3.63) is 30.3 Å². The third kappa shape index (κ3) is 2.19. The van der Waals surface area contributed by atoms with Gasteiger partial charge in [0.15, 0.2) is 0 Å². The fourth-order valence-electron chi connectivity index (χ4n) is 1.93. The fourth-order valence-corrected chi connectivity index (χ4v) is 1.93. The molecule has 0 bridgehead atoms. The molecule has 3 nitrogen and oxygen atoms in total. The first-order chi connectivity index (χ1) is 7.68. The minimum Gasteiger partial charge on any atom is -0.398 e. The van der Waals surface area contributed by atoms with Crippen LogP contribution in [-0.2, 0) is 4.74 Å². The second-order valence-electron chi connectivity index (χ2n) is 4.15. The molecule has 0 atom stereocenters. The van der Waals surface area contributed by atoms with Gasteiger partial charge in [-0.1, -0.05) is 6.58 Å². The molecule has 1 aromatic rings. The van der Waals surface area contributed by atoms with E-state index in [-0.39, 0.29) is 0 Å². The van der Waals surface area contributed by atoms with Gasteiger partial charge in [0, 0.05) is 30.0 Å². The van der Waals surface area contributed by atoms with E-state index in [1.807, 2.05) is 13.0 Å². The standard InChI is InChI=1S/C13H18N2O/c1-10(2)12-9-11(3-4-13(12)14)15-5-7-16-8-6-15/h3-4,9H,1,5-8,14H2,2H3. The second-order valence-corrected chi connectivity index (χ2v) is 4.15. The van der Waals surface area contributed by atoms with Crippen molar-refractivity contribution < 1.29 is 4.74 Å². The Kier molecular flexibility index (Phi) is 3.15. The van der Waals surface area contributed by atoms with Crippen molar-refractivity contribution in [2.24, 2.45) is 0 Å². The van der Waals surface area contributed by atoms with Crippen molar-refractivity contribution in [2.45, 2.75) is 6.92 Å². The van der Waals surface area contributed by atoms with Gasteiger partial charge in [-0.05, 0) is 30.7 Å². The Morgan fingerprint density at radius 2 is 2.06 bits per heavy atom.